The van der Waals surface area contributed by atoms with Crippen molar-refractivity contribution < 1.29 is 13.3 Å². The smallest absolute Gasteiger partial charge is 0.227 e. The molecule has 0 amide bonds. The molecule has 0 fully saturated rings. The van der Waals surface area contributed by atoms with E-state index in [9.17, 15) is 0 Å². The van der Waals surface area contributed by atoms with Crippen molar-refractivity contribution in [3.63, 3.8) is 0 Å². The maximum Gasteiger partial charge on any atom is 0.227 e. The van der Waals surface area contributed by atoms with Crippen molar-refractivity contribution in [1.82, 2.24) is 19.9 Å². The van der Waals surface area contributed by atoms with Crippen molar-refractivity contribution >= 4 is 55.0 Å². The van der Waals surface area contributed by atoms with Crippen LogP contribution < -0.4 is 0 Å². The Morgan fingerprint density at radius 3 is 1.87 bits per heavy atom. The van der Waals surface area contributed by atoms with Gasteiger partial charge in [0.15, 0.2) is 23.1 Å². The van der Waals surface area contributed by atoms with E-state index in [2.05, 4.69) is 12.1 Å². The standard InChI is InChI=1S/C40H22N4O3/c1-3-10-23(11-4-1)37-42-38(25-18-19-27-26-14-7-8-16-31(26)45-33(27)20-25)44-39(43-37)28-15-9-17-32-36(28)29-21-30-35(22-34(29)46-32)47-40(41-30)24-12-5-2-6-13-24/h1-22H. The molecule has 10 rings (SSSR count). The zero-order valence-electron chi connectivity index (χ0n) is 24.7. The number of oxazole rings is 1. The molecule has 0 saturated carbocycles. The number of aromatic nitrogens is 4. The third-order valence-electron chi connectivity index (χ3n) is 8.57. The quantitative estimate of drug-likeness (QED) is 0.197. The molecule has 0 unspecified atom stereocenters. The molecule has 4 heterocycles. The lowest BCUT2D eigenvalue weighted by molar-refractivity contribution is 0.617. The normalized spacial score (nSPS) is 11.8. The van der Waals surface area contributed by atoms with E-state index in [1.807, 2.05) is 121 Å². The summed E-state index contributed by atoms with van der Waals surface area (Å²) in [6, 6.07) is 43.9. The van der Waals surface area contributed by atoms with Crippen LogP contribution in [-0.4, -0.2) is 19.9 Å². The fraction of sp³-hybridized carbons (Fsp3) is 0. The van der Waals surface area contributed by atoms with Crippen molar-refractivity contribution in [3.8, 4) is 45.6 Å². The summed E-state index contributed by atoms with van der Waals surface area (Å²) in [6.45, 7) is 0. The minimum absolute atomic E-state index is 0.539. The Bertz CT molecular complexity index is 2800. The van der Waals surface area contributed by atoms with Crippen LogP contribution in [0.2, 0.25) is 0 Å². The first kappa shape index (κ1) is 25.7. The Hall–Kier alpha value is -6.60. The summed E-state index contributed by atoms with van der Waals surface area (Å²) in [5.74, 6) is 2.23. The SMILES string of the molecule is c1ccc(-c2nc(-c3ccc4c(c3)oc3ccccc34)nc(-c3cccc4oc5cc6oc(-c7ccccc7)nc6cc5c34)n2)cc1. The Kier molecular flexibility index (Phi) is 5.44. The average molecular weight is 607 g/mol. The Morgan fingerprint density at radius 2 is 1.02 bits per heavy atom. The lowest BCUT2D eigenvalue weighted by Crippen LogP contribution is -2.00. The lowest BCUT2D eigenvalue weighted by atomic mass is 10.0. The maximum atomic E-state index is 6.37. The molecule has 0 aliphatic heterocycles. The van der Waals surface area contributed by atoms with Gasteiger partial charge in [-0.25, -0.2) is 19.9 Å². The summed E-state index contributed by atoms with van der Waals surface area (Å²) < 4.78 is 18.7. The van der Waals surface area contributed by atoms with Crippen LogP contribution >= 0.6 is 0 Å². The van der Waals surface area contributed by atoms with Crippen molar-refractivity contribution in [2.45, 2.75) is 0 Å². The van der Waals surface area contributed by atoms with Gasteiger partial charge in [-0.3, -0.25) is 0 Å². The second kappa shape index (κ2) is 9.95. The number of furan rings is 2. The van der Waals surface area contributed by atoms with E-state index < -0.39 is 0 Å². The Labute approximate surface area is 266 Å². The van der Waals surface area contributed by atoms with Crippen LogP contribution in [0.4, 0.5) is 0 Å². The number of fused-ring (bicyclic) bond motifs is 7. The summed E-state index contributed by atoms with van der Waals surface area (Å²) >= 11 is 0. The second-order valence-electron chi connectivity index (χ2n) is 11.5. The maximum absolute atomic E-state index is 6.37. The topological polar surface area (TPSA) is 91.0 Å². The molecule has 4 aromatic heterocycles. The summed E-state index contributed by atoms with van der Waals surface area (Å²) in [7, 11) is 0. The van der Waals surface area contributed by atoms with Gasteiger partial charge in [0, 0.05) is 49.9 Å². The molecule has 10 aromatic rings. The fourth-order valence-electron chi connectivity index (χ4n) is 6.34. The summed E-state index contributed by atoms with van der Waals surface area (Å²) in [6.07, 6.45) is 0. The van der Waals surface area contributed by atoms with E-state index in [1.54, 1.807) is 0 Å². The van der Waals surface area contributed by atoms with E-state index in [4.69, 9.17) is 33.2 Å². The fourth-order valence-corrected chi connectivity index (χ4v) is 6.34. The highest BCUT2D eigenvalue weighted by atomic mass is 16.4. The third kappa shape index (κ3) is 4.14. The van der Waals surface area contributed by atoms with Gasteiger partial charge in [0.25, 0.3) is 0 Å². The van der Waals surface area contributed by atoms with Gasteiger partial charge in [-0.15, -0.1) is 0 Å². The lowest BCUT2D eigenvalue weighted by Gasteiger charge is -2.09. The molecule has 47 heavy (non-hydrogen) atoms. The minimum Gasteiger partial charge on any atom is -0.456 e. The molecule has 0 N–H and O–H groups in total. The highest BCUT2D eigenvalue weighted by Gasteiger charge is 2.20. The molecule has 7 heteroatoms. The van der Waals surface area contributed by atoms with Gasteiger partial charge in [-0.1, -0.05) is 84.9 Å². The number of para-hydroxylation sites is 1. The van der Waals surface area contributed by atoms with E-state index in [0.717, 1.165) is 66.1 Å². The first-order chi connectivity index (χ1) is 23.2. The van der Waals surface area contributed by atoms with Gasteiger partial charge >= 0.3 is 0 Å². The Balaban J connectivity index is 1.19. The molecule has 0 saturated heterocycles. The Morgan fingerprint density at radius 1 is 0.362 bits per heavy atom. The van der Waals surface area contributed by atoms with Crippen LogP contribution in [0, 0.1) is 0 Å². The molecule has 0 aliphatic rings. The first-order valence-electron chi connectivity index (χ1n) is 15.3. The van der Waals surface area contributed by atoms with Crippen LogP contribution in [0.1, 0.15) is 0 Å². The van der Waals surface area contributed by atoms with Crippen molar-refractivity contribution in [3.05, 3.63) is 133 Å². The molecule has 0 bridgehead atoms. The second-order valence-corrected chi connectivity index (χ2v) is 11.5. The van der Waals surface area contributed by atoms with Crippen molar-refractivity contribution in [2.24, 2.45) is 0 Å². The average Bonchev–Trinajstić information content (AvgIpc) is 3.83. The highest BCUT2D eigenvalue weighted by Crippen LogP contribution is 2.39. The predicted molar refractivity (Wildman–Crippen MR) is 184 cm³/mol. The van der Waals surface area contributed by atoms with Gasteiger partial charge in [0.05, 0.1) is 0 Å². The molecule has 6 aromatic carbocycles. The number of hydrogen-bond donors (Lipinski definition) is 0. The molecule has 0 atom stereocenters. The monoisotopic (exact) mass is 606 g/mol. The molecular weight excluding hydrogens is 584 g/mol. The summed E-state index contributed by atoms with van der Waals surface area (Å²) in [4.78, 5) is 19.8. The van der Waals surface area contributed by atoms with Gasteiger partial charge in [-0.05, 0) is 42.5 Å². The van der Waals surface area contributed by atoms with Gasteiger partial charge in [-0.2, -0.15) is 0 Å². The number of nitrogens with zero attached hydrogens (tertiary/aromatic N) is 4. The zero-order valence-corrected chi connectivity index (χ0v) is 24.7. The van der Waals surface area contributed by atoms with E-state index in [1.165, 1.54) is 0 Å². The molecular formula is C40H22N4O3. The number of benzene rings is 6. The van der Waals surface area contributed by atoms with Crippen molar-refractivity contribution in [2.75, 3.05) is 0 Å². The first-order valence-corrected chi connectivity index (χ1v) is 15.3. The zero-order chi connectivity index (χ0) is 30.9. The highest BCUT2D eigenvalue weighted by molar-refractivity contribution is 6.14. The number of rotatable bonds is 4. The van der Waals surface area contributed by atoms with Gasteiger partial charge in [0.1, 0.15) is 27.8 Å². The van der Waals surface area contributed by atoms with E-state index in [0.29, 0.717) is 34.5 Å². The van der Waals surface area contributed by atoms with Crippen LogP contribution in [0.3, 0.4) is 0 Å². The van der Waals surface area contributed by atoms with Crippen LogP contribution in [0.25, 0.3) is 101 Å². The molecule has 0 radical (unpaired) electrons. The van der Waals surface area contributed by atoms with Crippen molar-refractivity contribution in [1.29, 1.82) is 0 Å². The van der Waals surface area contributed by atoms with E-state index >= 15 is 0 Å². The third-order valence-corrected chi connectivity index (χ3v) is 8.57. The molecule has 220 valence electrons. The summed E-state index contributed by atoms with van der Waals surface area (Å²) in [5.41, 5.74) is 7.92. The van der Waals surface area contributed by atoms with Gasteiger partial charge in [0.2, 0.25) is 5.89 Å². The van der Waals surface area contributed by atoms with E-state index in [-0.39, 0.29) is 0 Å². The predicted octanol–water partition coefficient (Wildman–Crippen LogP) is 10.5. The minimum atomic E-state index is 0.539. The molecule has 0 aliphatic carbocycles. The number of hydrogen-bond acceptors (Lipinski definition) is 7. The van der Waals surface area contributed by atoms with Crippen LogP contribution in [0.15, 0.2) is 147 Å². The van der Waals surface area contributed by atoms with Crippen LogP contribution in [-0.2, 0) is 0 Å². The largest absolute Gasteiger partial charge is 0.456 e. The molecule has 0 spiro atoms. The molecule has 7 nitrogen and oxygen atoms in total. The van der Waals surface area contributed by atoms with Crippen LogP contribution in [0.5, 0.6) is 0 Å². The summed E-state index contributed by atoms with van der Waals surface area (Å²) in [5, 5.41) is 3.93. The van der Waals surface area contributed by atoms with Gasteiger partial charge < -0.3 is 13.3 Å².